The van der Waals surface area contributed by atoms with Crippen molar-refractivity contribution in [1.29, 1.82) is 0 Å². The van der Waals surface area contributed by atoms with Gasteiger partial charge in [-0.3, -0.25) is 4.98 Å². The van der Waals surface area contributed by atoms with Crippen LogP contribution in [0.3, 0.4) is 0 Å². The summed E-state index contributed by atoms with van der Waals surface area (Å²) in [5, 5.41) is 0. The molecule has 0 unspecified atom stereocenters. The Labute approximate surface area is 140 Å². The van der Waals surface area contributed by atoms with Crippen molar-refractivity contribution in [3.63, 3.8) is 0 Å². The van der Waals surface area contributed by atoms with Crippen LogP contribution in [0.1, 0.15) is 55.8 Å². The summed E-state index contributed by atoms with van der Waals surface area (Å²) in [4.78, 5) is 4.62. The summed E-state index contributed by atoms with van der Waals surface area (Å²) in [5.41, 5.74) is 3.89. The van der Waals surface area contributed by atoms with Gasteiger partial charge in [0.15, 0.2) is 0 Å². The maximum Gasteiger partial charge on any atom is 0.118 e. The first-order valence-corrected chi connectivity index (χ1v) is 8.88. The molecule has 0 radical (unpaired) electrons. The molecule has 0 aliphatic heterocycles. The number of benzene rings is 1. The Kier molecular flexibility index (Phi) is 7.65. The largest absolute Gasteiger partial charge is 0.497 e. The van der Waals surface area contributed by atoms with Crippen molar-refractivity contribution in [2.45, 2.75) is 58.3 Å². The highest BCUT2D eigenvalue weighted by atomic mass is 16.5. The number of hydrogen-bond acceptors (Lipinski definition) is 2. The second kappa shape index (κ2) is 10.0. The van der Waals surface area contributed by atoms with Gasteiger partial charge in [-0.1, -0.05) is 50.8 Å². The van der Waals surface area contributed by atoms with E-state index in [0.29, 0.717) is 0 Å². The van der Waals surface area contributed by atoms with E-state index >= 15 is 0 Å². The van der Waals surface area contributed by atoms with E-state index in [1.165, 1.54) is 48.9 Å². The summed E-state index contributed by atoms with van der Waals surface area (Å²) in [5.74, 6) is 0.915. The Balaban J connectivity index is 1.73. The number of nitrogens with zero attached hydrogens (tertiary/aromatic N) is 1. The van der Waals surface area contributed by atoms with Crippen LogP contribution in [0.2, 0.25) is 0 Å². The average Bonchev–Trinajstić information content (AvgIpc) is 2.61. The zero-order valence-electron chi connectivity index (χ0n) is 14.6. The van der Waals surface area contributed by atoms with Crippen LogP contribution < -0.4 is 4.74 Å². The van der Waals surface area contributed by atoms with Crippen LogP contribution in [-0.2, 0) is 19.3 Å². The number of rotatable bonds is 10. The number of methoxy groups -OCH3 is 1. The molecule has 0 fully saturated rings. The van der Waals surface area contributed by atoms with Gasteiger partial charge >= 0.3 is 0 Å². The van der Waals surface area contributed by atoms with E-state index in [1.807, 2.05) is 18.3 Å². The number of ether oxygens (including phenoxy) is 1. The second-order valence-electron chi connectivity index (χ2n) is 6.17. The van der Waals surface area contributed by atoms with Crippen molar-refractivity contribution in [2.24, 2.45) is 0 Å². The summed E-state index contributed by atoms with van der Waals surface area (Å²) in [6, 6.07) is 12.7. The minimum Gasteiger partial charge on any atom is -0.497 e. The van der Waals surface area contributed by atoms with Crippen LogP contribution in [0, 0.1) is 0 Å². The maximum atomic E-state index is 5.19. The molecule has 2 rings (SSSR count). The lowest BCUT2D eigenvalue weighted by atomic mass is 10.0. The molecule has 1 aromatic heterocycles. The predicted molar refractivity (Wildman–Crippen MR) is 97.1 cm³/mol. The molecule has 23 heavy (non-hydrogen) atoms. The Hall–Kier alpha value is -1.83. The van der Waals surface area contributed by atoms with E-state index in [9.17, 15) is 0 Å². The van der Waals surface area contributed by atoms with Gasteiger partial charge in [0.25, 0.3) is 0 Å². The minimum atomic E-state index is 0.915. The van der Waals surface area contributed by atoms with Crippen molar-refractivity contribution < 1.29 is 4.74 Å². The van der Waals surface area contributed by atoms with Crippen molar-refractivity contribution in [1.82, 2.24) is 4.98 Å². The molecule has 0 bridgehead atoms. The Morgan fingerprint density at radius 2 is 1.48 bits per heavy atom. The lowest BCUT2D eigenvalue weighted by Crippen LogP contribution is -1.95. The monoisotopic (exact) mass is 311 g/mol. The third kappa shape index (κ3) is 6.43. The van der Waals surface area contributed by atoms with Gasteiger partial charge in [0.1, 0.15) is 5.75 Å². The van der Waals surface area contributed by atoms with E-state index in [4.69, 9.17) is 4.74 Å². The van der Waals surface area contributed by atoms with Crippen molar-refractivity contribution in [3.05, 3.63) is 59.4 Å². The average molecular weight is 311 g/mol. The Bertz CT molecular complexity index is 545. The predicted octanol–water partition coefficient (Wildman–Crippen LogP) is 5.39. The summed E-state index contributed by atoms with van der Waals surface area (Å²) < 4.78 is 5.19. The van der Waals surface area contributed by atoms with Crippen LogP contribution >= 0.6 is 0 Å². The fraction of sp³-hybridized carbons (Fsp3) is 0.476. The van der Waals surface area contributed by atoms with Crippen molar-refractivity contribution >= 4 is 0 Å². The van der Waals surface area contributed by atoms with Crippen LogP contribution in [0.15, 0.2) is 42.6 Å². The molecule has 0 aliphatic rings. The minimum absolute atomic E-state index is 0.915. The van der Waals surface area contributed by atoms with Gasteiger partial charge in [0.2, 0.25) is 0 Å². The molecular formula is C21H29NO. The molecule has 1 heterocycles. The highest BCUT2D eigenvalue weighted by Crippen LogP contribution is 2.14. The van der Waals surface area contributed by atoms with E-state index in [0.717, 1.165) is 25.0 Å². The van der Waals surface area contributed by atoms with Gasteiger partial charge < -0.3 is 4.74 Å². The lowest BCUT2D eigenvalue weighted by Gasteiger charge is -2.05. The van der Waals surface area contributed by atoms with Crippen LogP contribution in [0.5, 0.6) is 5.75 Å². The lowest BCUT2D eigenvalue weighted by molar-refractivity contribution is 0.414. The fourth-order valence-electron chi connectivity index (χ4n) is 2.74. The Morgan fingerprint density at radius 3 is 2.13 bits per heavy atom. The van der Waals surface area contributed by atoms with E-state index in [-0.39, 0.29) is 0 Å². The molecule has 2 aromatic rings. The third-order valence-corrected chi connectivity index (χ3v) is 4.28. The number of aryl methyl sites for hydroxylation is 3. The quantitative estimate of drug-likeness (QED) is 0.549. The molecule has 1 aromatic carbocycles. The van der Waals surface area contributed by atoms with Crippen LogP contribution in [-0.4, -0.2) is 12.1 Å². The molecule has 0 saturated heterocycles. The molecule has 0 aliphatic carbocycles. The molecule has 124 valence electrons. The zero-order chi connectivity index (χ0) is 16.3. The first-order chi connectivity index (χ1) is 11.3. The van der Waals surface area contributed by atoms with Crippen molar-refractivity contribution in [2.75, 3.05) is 7.11 Å². The molecular weight excluding hydrogens is 282 g/mol. The molecule has 0 amide bonds. The fourth-order valence-corrected chi connectivity index (χ4v) is 2.74. The first-order valence-electron chi connectivity index (χ1n) is 8.88. The van der Waals surface area contributed by atoms with Gasteiger partial charge in [0.05, 0.1) is 7.11 Å². The summed E-state index contributed by atoms with van der Waals surface area (Å²) in [6.45, 7) is 2.26. The first kappa shape index (κ1) is 17.5. The summed E-state index contributed by atoms with van der Waals surface area (Å²) in [6.07, 6.45) is 11.9. The number of hydrogen-bond donors (Lipinski definition) is 0. The highest BCUT2D eigenvalue weighted by molar-refractivity contribution is 5.28. The standard InChI is InChI=1S/C21H29NO/c1-3-4-5-6-7-8-20-14-11-19(17-22-20)10-9-18-12-15-21(23-2)16-13-18/h11-17H,3-10H2,1-2H3. The second-order valence-corrected chi connectivity index (χ2v) is 6.17. The molecule has 0 N–H and O–H groups in total. The smallest absolute Gasteiger partial charge is 0.118 e. The summed E-state index contributed by atoms with van der Waals surface area (Å²) >= 11 is 0. The van der Waals surface area contributed by atoms with E-state index in [2.05, 4.69) is 36.2 Å². The molecule has 0 spiro atoms. The number of unbranched alkanes of at least 4 members (excludes halogenated alkanes) is 4. The van der Waals surface area contributed by atoms with E-state index in [1.54, 1.807) is 7.11 Å². The van der Waals surface area contributed by atoms with Crippen LogP contribution in [0.4, 0.5) is 0 Å². The maximum absolute atomic E-state index is 5.19. The van der Waals surface area contributed by atoms with Gasteiger partial charge in [-0.05, 0) is 55.0 Å². The van der Waals surface area contributed by atoms with Gasteiger partial charge in [0, 0.05) is 11.9 Å². The third-order valence-electron chi connectivity index (χ3n) is 4.28. The van der Waals surface area contributed by atoms with Gasteiger partial charge in [-0.2, -0.15) is 0 Å². The zero-order valence-corrected chi connectivity index (χ0v) is 14.6. The highest BCUT2D eigenvalue weighted by Gasteiger charge is 2.00. The van der Waals surface area contributed by atoms with Crippen molar-refractivity contribution in [3.8, 4) is 5.75 Å². The molecule has 0 saturated carbocycles. The van der Waals surface area contributed by atoms with E-state index < -0.39 is 0 Å². The normalized spacial score (nSPS) is 10.7. The van der Waals surface area contributed by atoms with Crippen LogP contribution in [0.25, 0.3) is 0 Å². The molecule has 2 nitrogen and oxygen atoms in total. The molecule has 0 atom stereocenters. The Morgan fingerprint density at radius 1 is 0.783 bits per heavy atom. The molecule has 2 heteroatoms. The number of aromatic nitrogens is 1. The van der Waals surface area contributed by atoms with Gasteiger partial charge in [-0.25, -0.2) is 0 Å². The van der Waals surface area contributed by atoms with Gasteiger partial charge in [-0.15, -0.1) is 0 Å². The summed E-state index contributed by atoms with van der Waals surface area (Å²) in [7, 11) is 1.70. The SMILES string of the molecule is CCCCCCCc1ccc(CCc2ccc(OC)cc2)cn1. The topological polar surface area (TPSA) is 22.1 Å². The number of pyridine rings is 1.